The standard InChI is InChI=1S/C45H74NO11P/c1-3-5-7-8-9-10-11-12-13-14-15-16-17-18-19-20-25-29-44(50)54-36-39(37-56-58(52,53)55-34-33-46)57-45(51)30-26-22-21-24-28-40-41(43(49)35-42(40)48)32-31-38(47)27-23-6-4-2/h9-10,12-13,15-16,18-19,21,24,31-32,38-41,43,47,49H,3-8,11,14,17,20,22-23,25-30,33-37,46H2,1-2H3,(H,52,53)/b10-9-,13-12-,16-15-,19-18-,24-21-,32-31+/t38-,39+,40+,41+,43+/m0/s1. The molecule has 58 heavy (non-hydrogen) atoms. The second-order valence-corrected chi connectivity index (χ2v) is 16.1. The molecular formula is C45H74NO11P. The summed E-state index contributed by atoms with van der Waals surface area (Å²) in [5, 5.41) is 20.7. The predicted octanol–water partition coefficient (Wildman–Crippen LogP) is 8.86. The van der Waals surface area contributed by atoms with Crippen molar-refractivity contribution in [2.24, 2.45) is 17.6 Å². The largest absolute Gasteiger partial charge is 0.472 e. The topological polar surface area (TPSA) is 192 Å². The zero-order valence-electron chi connectivity index (χ0n) is 35.2. The number of phosphoric acid groups is 1. The molecule has 1 saturated carbocycles. The minimum absolute atomic E-state index is 0.000677. The molecule has 1 rings (SSSR count). The van der Waals surface area contributed by atoms with E-state index in [1.54, 1.807) is 12.2 Å². The van der Waals surface area contributed by atoms with Crippen LogP contribution in [0.5, 0.6) is 0 Å². The molecule has 330 valence electrons. The van der Waals surface area contributed by atoms with Gasteiger partial charge in [-0.2, -0.15) is 0 Å². The number of phosphoric ester groups is 1. The van der Waals surface area contributed by atoms with Crippen LogP contribution in [0.3, 0.4) is 0 Å². The lowest BCUT2D eigenvalue weighted by Gasteiger charge is -2.19. The number of allylic oxidation sites excluding steroid dienone is 10. The maximum Gasteiger partial charge on any atom is 0.472 e. The third kappa shape index (κ3) is 28.5. The third-order valence-electron chi connectivity index (χ3n) is 9.43. The van der Waals surface area contributed by atoms with Crippen molar-refractivity contribution in [1.82, 2.24) is 0 Å². The fourth-order valence-electron chi connectivity index (χ4n) is 6.14. The number of nitrogens with two attached hydrogens (primary N) is 1. The Balaban J connectivity index is 2.47. The average Bonchev–Trinajstić information content (AvgIpc) is 3.47. The Bertz CT molecular complexity index is 1340. The molecule has 0 bridgehead atoms. The number of carbonyl (C=O) groups is 3. The van der Waals surface area contributed by atoms with Gasteiger partial charge in [0.15, 0.2) is 6.10 Å². The molecule has 0 saturated heterocycles. The highest BCUT2D eigenvalue weighted by atomic mass is 31.2. The number of hydrogen-bond donors (Lipinski definition) is 4. The van der Waals surface area contributed by atoms with Crippen LogP contribution in [0.25, 0.3) is 0 Å². The van der Waals surface area contributed by atoms with Crippen molar-refractivity contribution in [3.05, 3.63) is 72.9 Å². The predicted molar refractivity (Wildman–Crippen MR) is 230 cm³/mol. The molecule has 0 amide bonds. The molecule has 1 unspecified atom stereocenters. The summed E-state index contributed by atoms with van der Waals surface area (Å²) in [6.45, 7) is 3.20. The van der Waals surface area contributed by atoms with E-state index in [9.17, 15) is 34.1 Å². The first-order valence-corrected chi connectivity index (χ1v) is 23.0. The fourth-order valence-corrected chi connectivity index (χ4v) is 6.90. The molecule has 0 aromatic rings. The number of Topliss-reactive ketones (excluding diaryl/α,β-unsaturated/α-hetero) is 1. The summed E-state index contributed by atoms with van der Waals surface area (Å²) < 4.78 is 32.6. The monoisotopic (exact) mass is 835 g/mol. The van der Waals surface area contributed by atoms with Gasteiger partial charge in [0.1, 0.15) is 12.4 Å². The van der Waals surface area contributed by atoms with Crippen molar-refractivity contribution >= 4 is 25.5 Å². The summed E-state index contributed by atoms with van der Waals surface area (Å²) in [5.74, 6) is -1.86. The van der Waals surface area contributed by atoms with Gasteiger partial charge in [-0.05, 0) is 70.6 Å². The van der Waals surface area contributed by atoms with Crippen LogP contribution >= 0.6 is 7.82 Å². The Kier molecular flexibility index (Phi) is 31.9. The molecule has 0 spiro atoms. The van der Waals surface area contributed by atoms with E-state index in [0.29, 0.717) is 38.5 Å². The van der Waals surface area contributed by atoms with Crippen molar-refractivity contribution in [1.29, 1.82) is 0 Å². The van der Waals surface area contributed by atoms with Gasteiger partial charge in [-0.3, -0.25) is 23.4 Å². The number of ether oxygens (including phenoxy) is 2. The number of rotatable bonds is 35. The molecule has 1 aliphatic carbocycles. The molecule has 0 heterocycles. The van der Waals surface area contributed by atoms with Crippen molar-refractivity contribution in [3.63, 3.8) is 0 Å². The molecule has 13 heteroatoms. The van der Waals surface area contributed by atoms with Crippen LogP contribution in [0.1, 0.15) is 136 Å². The van der Waals surface area contributed by atoms with E-state index in [1.165, 1.54) is 19.3 Å². The van der Waals surface area contributed by atoms with Gasteiger partial charge in [0, 0.05) is 37.6 Å². The number of aliphatic hydroxyl groups excluding tert-OH is 2. The highest BCUT2D eigenvalue weighted by molar-refractivity contribution is 7.47. The molecule has 0 aliphatic heterocycles. The first-order valence-electron chi connectivity index (χ1n) is 21.5. The Morgan fingerprint density at radius 3 is 1.98 bits per heavy atom. The Morgan fingerprint density at radius 2 is 1.36 bits per heavy atom. The van der Waals surface area contributed by atoms with Gasteiger partial charge in [-0.15, -0.1) is 0 Å². The first kappa shape index (κ1) is 53.1. The van der Waals surface area contributed by atoms with Gasteiger partial charge < -0.3 is 30.3 Å². The van der Waals surface area contributed by atoms with Gasteiger partial charge in [0.25, 0.3) is 0 Å². The van der Waals surface area contributed by atoms with E-state index >= 15 is 0 Å². The summed E-state index contributed by atoms with van der Waals surface area (Å²) in [5.41, 5.74) is 5.33. The zero-order chi connectivity index (χ0) is 42.7. The number of aliphatic hydroxyl groups is 2. The molecule has 0 aromatic carbocycles. The van der Waals surface area contributed by atoms with Crippen LogP contribution < -0.4 is 5.73 Å². The van der Waals surface area contributed by atoms with Gasteiger partial charge in [-0.1, -0.05) is 119 Å². The van der Waals surface area contributed by atoms with Crippen LogP contribution in [-0.2, 0) is 37.5 Å². The maximum absolute atomic E-state index is 12.7. The van der Waals surface area contributed by atoms with Crippen molar-refractivity contribution in [2.45, 2.75) is 154 Å². The van der Waals surface area contributed by atoms with Gasteiger partial charge >= 0.3 is 19.8 Å². The van der Waals surface area contributed by atoms with Crippen LogP contribution in [0.2, 0.25) is 0 Å². The summed E-state index contributed by atoms with van der Waals surface area (Å²) in [4.78, 5) is 47.6. The smallest absolute Gasteiger partial charge is 0.462 e. The Hall–Kier alpha value is -2.96. The Morgan fingerprint density at radius 1 is 0.793 bits per heavy atom. The number of hydrogen-bond acceptors (Lipinski definition) is 11. The summed E-state index contributed by atoms with van der Waals surface area (Å²) in [6, 6.07) is 0. The summed E-state index contributed by atoms with van der Waals surface area (Å²) in [7, 11) is -4.47. The molecule has 0 aromatic heterocycles. The lowest BCUT2D eigenvalue weighted by atomic mass is 9.90. The van der Waals surface area contributed by atoms with Gasteiger partial charge in [0.2, 0.25) is 0 Å². The number of ketones is 1. The summed E-state index contributed by atoms with van der Waals surface area (Å²) in [6.07, 6.45) is 35.9. The van der Waals surface area contributed by atoms with Crippen LogP contribution in [0.4, 0.5) is 0 Å². The highest BCUT2D eigenvalue weighted by Crippen LogP contribution is 2.43. The maximum atomic E-state index is 12.7. The van der Waals surface area contributed by atoms with E-state index in [4.69, 9.17) is 24.3 Å². The molecule has 0 radical (unpaired) electrons. The first-order chi connectivity index (χ1) is 28.0. The van der Waals surface area contributed by atoms with Crippen molar-refractivity contribution < 1.29 is 52.6 Å². The van der Waals surface area contributed by atoms with E-state index < -0.39 is 44.7 Å². The van der Waals surface area contributed by atoms with E-state index in [2.05, 4.69) is 50.3 Å². The van der Waals surface area contributed by atoms with Crippen molar-refractivity contribution in [3.8, 4) is 0 Å². The molecule has 5 N–H and O–H groups in total. The number of unbranched alkanes of at least 4 members (excludes halogenated alkanes) is 7. The van der Waals surface area contributed by atoms with Crippen LogP contribution in [0.15, 0.2) is 72.9 Å². The van der Waals surface area contributed by atoms with E-state index in [1.807, 2.05) is 24.3 Å². The second-order valence-electron chi connectivity index (χ2n) is 14.6. The highest BCUT2D eigenvalue weighted by Gasteiger charge is 2.39. The van der Waals surface area contributed by atoms with Gasteiger partial charge in [0.05, 0.1) is 25.4 Å². The fraction of sp³-hybridized carbons (Fsp3) is 0.667. The molecular weight excluding hydrogens is 761 g/mol. The minimum Gasteiger partial charge on any atom is -0.462 e. The lowest BCUT2D eigenvalue weighted by Crippen LogP contribution is -2.29. The Labute approximate surface area is 348 Å². The average molecular weight is 836 g/mol. The van der Waals surface area contributed by atoms with Crippen LogP contribution in [-0.4, -0.2) is 77.5 Å². The molecule has 12 nitrogen and oxygen atoms in total. The lowest BCUT2D eigenvalue weighted by molar-refractivity contribution is -0.161. The minimum atomic E-state index is -4.47. The summed E-state index contributed by atoms with van der Waals surface area (Å²) >= 11 is 0. The van der Waals surface area contributed by atoms with E-state index in [0.717, 1.165) is 44.9 Å². The quantitative estimate of drug-likeness (QED) is 0.0206. The number of carbonyl (C=O) groups excluding carboxylic acids is 3. The second kappa shape index (κ2) is 34.9. The normalized spacial score (nSPS) is 19.8. The van der Waals surface area contributed by atoms with Crippen LogP contribution in [0, 0.1) is 11.8 Å². The van der Waals surface area contributed by atoms with Crippen molar-refractivity contribution in [2.75, 3.05) is 26.4 Å². The van der Waals surface area contributed by atoms with Gasteiger partial charge in [-0.25, -0.2) is 4.57 Å². The molecule has 6 atom stereocenters. The molecule has 1 fully saturated rings. The SMILES string of the molecule is CCCCC/C=C\C/C=C\C/C=C\C/C=C\CCCC(=O)OC[C@H](COP(=O)(O)OCCN)OC(=O)CCC/C=C\C[C@H]1C(=O)C[C@@H](O)[C@@H]1/C=C/[C@@H](O)CCCCC. The number of esters is 2. The molecule has 1 aliphatic rings. The third-order valence-corrected chi connectivity index (χ3v) is 10.4. The zero-order valence-corrected chi connectivity index (χ0v) is 36.1. The van der Waals surface area contributed by atoms with E-state index in [-0.39, 0.29) is 56.6 Å².